The SMILES string of the molecule is CCc1ccc(CN2CCCNC(C(C)CC)C2)s1. The van der Waals surface area contributed by atoms with Crippen molar-refractivity contribution in [1.82, 2.24) is 10.2 Å². The van der Waals surface area contributed by atoms with Crippen molar-refractivity contribution in [2.45, 2.75) is 52.6 Å². The van der Waals surface area contributed by atoms with Gasteiger partial charge in [0.15, 0.2) is 0 Å². The Hall–Kier alpha value is -0.380. The molecule has 1 aromatic rings. The summed E-state index contributed by atoms with van der Waals surface area (Å²) in [6.07, 6.45) is 3.71. The van der Waals surface area contributed by atoms with E-state index < -0.39 is 0 Å². The van der Waals surface area contributed by atoms with Crippen LogP contribution in [0.25, 0.3) is 0 Å². The van der Waals surface area contributed by atoms with E-state index in [0.29, 0.717) is 6.04 Å². The second-order valence-corrected chi connectivity index (χ2v) is 7.01. The van der Waals surface area contributed by atoms with Gasteiger partial charge in [-0.05, 0) is 44.0 Å². The maximum absolute atomic E-state index is 3.73. The Morgan fingerprint density at radius 2 is 2.16 bits per heavy atom. The van der Waals surface area contributed by atoms with Crippen LogP contribution < -0.4 is 5.32 Å². The Bertz CT molecular complexity index is 375. The van der Waals surface area contributed by atoms with Gasteiger partial charge in [0.05, 0.1) is 0 Å². The molecule has 2 atom stereocenters. The molecule has 1 fully saturated rings. The molecule has 0 bridgehead atoms. The topological polar surface area (TPSA) is 15.3 Å². The number of aryl methyl sites for hydroxylation is 1. The summed E-state index contributed by atoms with van der Waals surface area (Å²) in [5, 5.41) is 3.73. The van der Waals surface area contributed by atoms with Crippen LogP contribution in [0.3, 0.4) is 0 Å². The highest BCUT2D eigenvalue weighted by Gasteiger charge is 2.21. The van der Waals surface area contributed by atoms with Crippen LogP contribution in [0.15, 0.2) is 12.1 Å². The number of hydrogen-bond donors (Lipinski definition) is 1. The minimum atomic E-state index is 0.665. The fraction of sp³-hybridized carbons (Fsp3) is 0.750. The molecular weight excluding hydrogens is 252 g/mol. The fourth-order valence-corrected chi connectivity index (χ4v) is 3.75. The van der Waals surface area contributed by atoms with Crippen LogP contribution in [0, 0.1) is 5.92 Å². The van der Waals surface area contributed by atoms with E-state index in [1.54, 1.807) is 0 Å². The van der Waals surface area contributed by atoms with Crippen molar-refractivity contribution in [2.75, 3.05) is 19.6 Å². The highest BCUT2D eigenvalue weighted by Crippen LogP contribution is 2.20. The quantitative estimate of drug-likeness (QED) is 0.888. The monoisotopic (exact) mass is 280 g/mol. The fourth-order valence-electron chi connectivity index (χ4n) is 2.75. The maximum Gasteiger partial charge on any atom is 0.0328 e. The zero-order valence-corrected chi connectivity index (χ0v) is 13.4. The molecule has 108 valence electrons. The Balaban J connectivity index is 1.94. The molecule has 0 spiro atoms. The van der Waals surface area contributed by atoms with Gasteiger partial charge in [0, 0.05) is 28.9 Å². The van der Waals surface area contributed by atoms with Crippen molar-refractivity contribution < 1.29 is 0 Å². The lowest BCUT2D eigenvalue weighted by Crippen LogP contribution is -2.41. The van der Waals surface area contributed by atoms with Gasteiger partial charge in [0.25, 0.3) is 0 Å². The van der Waals surface area contributed by atoms with Crippen LogP contribution in [-0.2, 0) is 13.0 Å². The van der Waals surface area contributed by atoms with E-state index in [-0.39, 0.29) is 0 Å². The third-order valence-corrected chi connectivity index (χ3v) is 5.50. The highest BCUT2D eigenvalue weighted by molar-refractivity contribution is 7.11. The molecule has 1 aliphatic heterocycles. The van der Waals surface area contributed by atoms with Crippen LogP contribution in [0.5, 0.6) is 0 Å². The van der Waals surface area contributed by atoms with Crippen LogP contribution >= 0.6 is 11.3 Å². The van der Waals surface area contributed by atoms with Gasteiger partial charge in [-0.2, -0.15) is 0 Å². The first-order chi connectivity index (χ1) is 9.22. The highest BCUT2D eigenvalue weighted by atomic mass is 32.1. The minimum Gasteiger partial charge on any atom is -0.312 e. The Morgan fingerprint density at radius 3 is 2.84 bits per heavy atom. The van der Waals surface area contributed by atoms with E-state index in [9.17, 15) is 0 Å². The van der Waals surface area contributed by atoms with Gasteiger partial charge in [-0.15, -0.1) is 11.3 Å². The average molecular weight is 280 g/mol. The summed E-state index contributed by atoms with van der Waals surface area (Å²) in [5.41, 5.74) is 0. The molecule has 1 saturated heterocycles. The van der Waals surface area contributed by atoms with Crippen molar-refractivity contribution in [3.8, 4) is 0 Å². The molecular formula is C16H28N2S. The first-order valence-electron chi connectivity index (χ1n) is 7.76. The normalized spacial score (nSPS) is 23.2. The summed E-state index contributed by atoms with van der Waals surface area (Å²) >= 11 is 1.99. The summed E-state index contributed by atoms with van der Waals surface area (Å²) in [4.78, 5) is 5.69. The van der Waals surface area contributed by atoms with E-state index in [0.717, 1.165) is 12.5 Å². The molecule has 0 amide bonds. The van der Waals surface area contributed by atoms with Gasteiger partial charge < -0.3 is 5.32 Å². The lowest BCUT2D eigenvalue weighted by molar-refractivity contribution is 0.233. The van der Waals surface area contributed by atoms with Crippen LogP contribution in [0.2, 0.25) is 0 Å². The average Bonchev–Trinajstić information content (AvgIpc) is 2.75. The Kier molecular flexibility index (Phi) is 5.86. The van der Waals surface area contributed by atoms with Gasteiger partial charge in [-0.25, -0.2) is 0 Å². The van der Waals surface area contributed by atoms with Gasteiger partial charge in [0.1, 0.15) is 0 Å². The predicted octanol–water partition coefficient (Wildman–Crippen LogP) is 3.52. The predicted molar refractivity (Wildman–Crippen MR) is 84.8 cm³/mol. The van der Waals surface area contributed by atoms with E-state index in [4.69, 9.17) is 0 Å². The second kappa shape index (κ2) is 7.41. The largest absolute Gasteiger partial charge is 0.312 e. The zero-order valence-electron chi connectivity index (χ0n) is 12.6. The Labute approximate surface area is 122 Å². The van der Waals surface area contributed by atoms with Crippen molar-refractivity contribution in [2.24, 2.45) is 5.92 Å². The molecule has 0 radical (unpaired) electrons. The lowest BCUT2D eigenvalue weighted by Gasteiger charge is -2.27. The summed E-state index contributed by atoms with van der Waals surface area (Å²) in [6.45, 7) is 11.7. The molecule has 1 aliphatic rings. The molecule has 3 heteroatoms. The first-order valence-corrected chi connectivity index (χ1v) is 8.57. The number of nitrogens with one attached hydrogen (secondary N) is 1. The Morgan fingerprint density at radius 1 is 1.37 bits per heavy atom. The molecule has 19 heavy (non-hydrogen) atoms. The van der Waals surface area contributed by atoms with E-state index in [2.05, 4.69) is 43.1 Å². The number of thiophene rings is 1. The molecule has 2 unspecified atom stereocenters. The molecule has 1 aromatic heterocycles. The first kappa shape index (κ1) is 15.0. The van der Waals surface area contributed by atoms with Gasteiger partial charge in [0.2, 0.25) is 0 Å². The van der Waals surface area contributed by atoms with E-state index in [1.807, 2.05) is 11.3 Å². The number of rotatable bonds is 5. The van der Waals surface area contributed by atoms with Crippen LogP contribution in [0.1, 0.15) is 43.4 Å². The molecule has 2 nitrogen and oxygen atoms in total. The number of hydrogen-bond acceptors (Lipinski definition) is 3. The van der Waals surface area contributed by atoms with Gasteiger partial charge >= 0.3 is 0 Å². The third kappa shape index (κ3) is 4.30. The van der Waals surface area contributed by atoms with Crippen LogP contribution in [-0.4, -0.2) is 30.6 Å². The molecule has 0 aromatic carbocycles. The third-order valence-electron chi connectivity index (χ3n) is 4.29. The summed E-state index contributed by atoms with van der Waals surface area (Å²) in [7, 11) is 0. The maximum atomic E-state index is 3.73. The summed E-state index contributed by atoms with van der Waals surface area (Å²) < 4.78 is 0. The molecule has 0 aliphatic carbocycles. The second-order valence-electron chi connectivity index (χ2n) is 5.76. The van der Waals surface area contributed by atoms with Crippen molar-refractivity contribution >= 4 is 11.3 Å². The molecule has 2 heterocycles. The summed E-state index contributed by atoms with van der Waals surface area (Å²) in [5.74, 6) is 0.773. The molecule has 0 saturated carbocycles. The van der Waals surface area contributed by atoms with Crippen molar-refractivity contribution in [3.05, 3.63) is 21.9 Å². The standard InChI is InChI=1S/C16H28N2S/c1-4-13(3)16-12-18(10-6-9-17-16)11-15-8-7-14(5-2)19-15/h7-8,13,16-17H,4-6,9-12H2,1-3H3. The van der Waals surface area contributed by atoms with Crippen molar-refractivity contribution in [3.63, 3.8) is 0 Å². The van der Waals surface area contributed by atoms with Crippen LogP contribution in [0.4, 0.5) is 0 Å². The smallest absolute Gasteiger partial charge is 0.0328 e. The zero-order chi connectivity index (χ0) is 13.7. The summed E-state index contributed by atoms with van der Waals surface area (Å²) in [6, 6.07) is 5.28. The minimum absolute atomic E-state index is 0.665. The lowest BCUT2D eigenvalue weighted by atomic mass is 9.99. The van der Waals surface area contributed by atoms with Crippen molar-refractivity contribution in [1.29, 1.82) is 0 Å². The van der Waals surface area contributed by atoms with Gasteiger partial charge in [-0.1, -0.05) is 27.2 Å². The van der Waals surface area contributed by atoms with E-state index in [1.165, 1.54) is 48.7 Å². The number of nitrogens with zero attached hydrogens (tertiary/aromatic N) is 1. The van der Waals surface area contributed by atoms with Gasteiger partial charge in [-0.3, -0.25) is 4.90 Å². The molecule has 2 rings (SSSR count). The molecule has 1 N–H and O–H groups in total. The van der Waals surface area contributed by atoms with E-state index >= 15 is 0 Å².